The second kappa shape index (κ2) is 5.15. The van der Waals surface area contributed by atoms with Gasteiger partial charge in [-0.3, -0.25) is 9.69 Å². The summed E-state index contributed by atoms with van der Waals surface area (Å²) in [7, 11) is 0. The van der Waals surface area contributed by atoms with Crippen molar-refractivity contribution in [2.75, 3.05) is 26.3 Å². The van der Waals surface area contributed by atoms with E-state index < -0.39 is 0 Å². The fourth-order valence-electron chi connectivity index (χ4n) is 3.55. The van der Waals surface area contributed by atoms with Crippen LogP contribution in [0.25, 0.3) is 0 Å². The number of nitrogens with two attached hydrogens (primary N) is 1. The molecule has 0 bridgehead atoms. The Labute approximate surface area is 108 Å². The van der Waals surface area contributed by atoms with Crippen molar-refractivity contribution in [1.82, 2.24) is 10.2 Å². The van der Waals surface area contributed by atoms with Gasteiger partial charge in [0.05, 0.1) is 19.1 Å². The lowest BCUT2D eigenvalue weighted by Crippen LogP contribution is -2.50. The van der Waals surface area contributed by atoms with E-state index in [0.717, 1.165) is 13.0 Å². The second-order valence-electron chi connectivity index (χ2n) is 5.81. The van der Waals surface area contributed by atoms with Gasteiger partial charge in [-0.15, -0.1) is 0 Å². The summed E-state index contributed by atoms with van der Waals surface area (Å²) in [5, 5.41) is 3.21. The van der Waals surface area contributed by atoms with Crippen LogP contribution >= 0.6 is 0 Å². The first kappa shape index (κ1) is 12.4. The Bertz CT molecular complexity index is 323. The molecule has 5 nitrogen and oxygen atoms in total. The molecule has 0 radical (unpaired) electrons. The van der Waals surface area contributed by atoms with Gasteiger partial charge in [0.15, 0.2) is 0 Å². The summed E-state index contributed by atoms with van der Waals surface area (Å²) < 4.78 is 5.27. The number of carbonyl (C=O) groups is 1. The molecule has 3 N–H and O–H groups in total. The van der Waals surface area contributed by atoms with Gasteiger partial charge < -0.3 is 15.8 Å². The number of hydrogen-bond donors (Lipinski definition) is 2. The van der Waals surface area contributed by atoms with Gasteiger partial charge in [-0.25, -0.2) is 0 Å². The number of rotatable bonds is 2. The quantitative estimate of drug-likeness (QED) is 0.709. The number of amides is 1. The minimum absolute atomic E-state index is 0.0948. The van der Waals surface area contributed by atoms with Crippen molar-refractivity contribution in [3.63, 3.8) is 0 Å². The highest BCUT2D eigenvalue weighted by Gasteiger charge is 2.39. The van der Waals surface area contributed by atoms with Crippen LogP contribution in [-0.2, 0) is 9.53 Å². The zero-order valence-corrected chi connectivity index (χ0v) is 10.8. The molecule has 1 amide bonds. The van der Waals surface area contributed by atoms with Gasteiger partial charge in [-0.1, -0.05) is 6.42 Å². The van der Waals surface area contributed by atoms with Crippen LogP contribution < -0.4 is 11.1 Å². The number of hydrogen-bond acceptors (Lipinski definition) is 4. The Balaban J connectivity index is 1.57. The molecule has 3 heterocycles. The number of nitrogens with zero attached hydrogens (tertiary/aromatic N) is 1. The minimum atomic E-state index is -0.150. The van der Waals surface area contributed by atoms with Gasteiger partial charge in [0, 0.05) is 24.7 Å². The van der Waals surface area contributed by atoms with E-state index >= 15 is 0 Å². The highest BCUT2D eigenvalue weighted by Crippen LogP contribution is 2.27. The first-order valence-corrected chi connectivity index (χ1v) is 7.13. The van der Waals surface area contributed by atoms with Crippen molar-refractivity contribution >= 4 is 5.91 Å². The lowest BCUT2D eigenvalue weighted by Gasteiger charge is -2.33. The van der Waals surface area contributed by atoms with Gasteiger partial charge in [-0.05, 0) is 25.8 Å². The van der Waals surface area contributed by atoms with Gasteiger partial charge in [-0.2, -0.15) is 0 Å². The molecule has 3 rings (SSSR count). The third kappa shape index (κ3) is 2.27. The number of ether oxygens (including phenoxy) is 1. The zero-order valence-electron chi connectivity index (χ0n) is 10.8. The molecule has 3 aliphatic heterocycles. The molecule has 0 spiro atoms. The summed E-state index contributed by atoms with van der Waals surface area (Å²) in [6, 6.07) is 0.751. The molecule has 102 valence electrons. The summed E-state index contributed by atoms with van der Waals surface area (Å²) in [5.74, 6) is -0.0555. The third-order valence-corrected chi connectivity index (χ3v) is 4.64. The third-order valence-electron chi connectivity index (χ3n) is 4.64. The lowest BCUT2D eigenvalue weighted by atomic mass is 9.97. The van der Waals surface area contributed by atoms with Gasteiger partial charge in [0.2, 0.25) is 5.91 Å². The molecule has 4 atom stereocenters. The Hall–Kier alpha value is -0.650. The first-order valence-electron chi connectivity index (χ1n) is 7.13. The summed E-state index contributed by atoms with van der Waals surface area (Å²) in [4.78, 5) is 14.7. The molecule has 0 aromatic heterocycles. The maximum absolute atomic E-state index is 12.2. The summed E-state index contributed by atoms with van der Waals surface area (Å²) in [6.45, 7) is 3.32. The van der Waals surface area contributed by atoms with E-state index in [-0.39, 0.29) is 17.9 Å². The summed E-state index contributed by atoms with van der Waals surface area (Å²) in [5.41, 5.74) is 5.89. The predicted molar refractivity (Wildman–Crippen MR) is 68.0 cm³/mol. The maximum Gasteiger partial charge on any atom is 0.227 e. The standard InChI is InChI=1S/C13H23N3O2/c14-10-8-18-7-9(10)13(17)15-11-4-6-16-5-2-1-3-12(11)16/h9-12H,1-8,14H2,(H,15,17). The Morgan fingerprint density at radius 3 is 2.89 bits per heavy atom. The van der Waals surface area contributed by atoms with Crippen LogP contribution in [0.3, 0.4) is 0 Å². The molecule has 4 unspecified atom stereocenters. The lowest BCUT2D eigenvalue weighted by molar-refractivity contribution is -0.126. The largest absolute Gasteiger partial charge is 0.379 e. The monoisotopic (exact) mass is 253 g/mol. The average molecular weight is 253 g/mol. The normalized spacial score (nSPS) is 40.7. The number of piperidine rings is 1. The van der Waals surface area contributed by atoms with Crippen LogP contribution in [0.1, 0.15) is 25.7 Å². The van der Waals surface area contributed by atoms with Crippen molar-refractivity contribution in [1.29, 1.82) is 0 Å². The highest BCUT2D eigenvalue weighted by atomic mass is 16.5. The first-order chi connectivity index (χ1) is 8.75. The van der Waals surface area contributed by atoms with Crippen LogP contribution in [0.4, 0.5) is 0 Å². The Kier molecular flexibility index (Phi) is 3.54. The van der Waals surface area contributed by atoms with E-state index in [4.69, 9.17) is 10.5 Å². The highest BCUT2D eigenvalue weighted by molar-refractivity contribution is 5.80. The van der Waals surface area contributed by atoms with Crippen molar-refractivity contribution in [3.05, 3.63) is 0 Å². The number of nitrogens with one attached hydrogen (secondary N) is 1. The average Bonchev–Trinajstić information content (AvgIpc) is 2.97. The van der Waals surface area contributed by atoms with Crippen LogP contribution in [0.5, 0.6) is 0 Å². The fourth-order valence-corrected chi connectivity index (χ4v) is 3.55. The molecular weight excluding hydrogens is 230 g/mol. The molecule has 0 aromatic carbocycles. The number of carbonyl (C=O) groups excluding carboxylic acids is 1. The van der Waals surface area contributed by atoms with E-state index in [1.807, 2.05) is 0 Å². The molecular formula is C13H23N3O2. The number of fused-ring (bicyclic) bond motifs is 1. The topological polar surface area (TPSA) is 67.6 Å². The zero-order chi connectivity index (χ0) is 12.5. The van der Waals surface area contributed by atoms with Crippen LogP contribution in [0.2, 0.25) is 0 Å². The fraction of sp³-hybridized carbons (Fsp3) is 0.923. The van der Waals surface area contributed by atoms with Crippen molar-refractivity contribution < 1.29 is 9.53 Å². The van der Waals surface area contributed by atoms with E-state index in [1.165, 1.54) is 25.8 Å². The van der Waals surface area contributed by atoms with E-state index in [2.05, 4.69) is 10.2 Å². The Morgan fingerprint density at radius 1 is 1.22 bits per heavy atom. The Morgan fingerprint density at radius 2 is 2.11 bits per heavy atom. The second-order valence-corrected chi connectivity index (χ2v) is 5.81. The van der Waals surface area contributed by atoms with Crippen molar-refractivity contribution in [2.24, 2.45) is 11.7 Å². The molecule has 0 aliphatic carbocycles. The predicted octanol–water partition coefficient (Wildman–Crippen LogP) is -0.297. The van der Waals surface area contributed by atoms with Crippen molar-refractivity contribution in [3.8, 4) is 0 Å². The van der Waals surface area contributed by atoms with Gasteiger partial charge >= 0.3 is 0 Å². The molecule has 0 saturated carbocycles. The molecule has 0 aromatic rings. The molecule has 3 saturated heterocycles. The summed E-state index contributed by atoms with van der Waals surface area (Å²) in [6.07, 6.45) is 4.90. The summed E-state index contributed by atoms with van der Waals surface area (Å²) >= 11 is 0. The van der Waals surface area contributed by atoms with Crippen LogP contribution in [0.15, 0.2) is 0 Å². The van der Waals surface area contributed by atoms with Gasteiger partial charge in [0.25, 0.3) is 0 Å². The van der Waals surface area contributed by atoms with E-state index in [1.54, 1.807) is 0 Å². The maximum atomic E-state index is 12.2. The SMILES string of the molecule is NC1COCC1C(=O)NC1CCN2CCCCC12. The van der Waals surface area contributed by atoms with Crippen molar-refractivity contribution in [2.45, 2.75) is 43.8 Å². The molecule has 18 heavy (non-hydrogen) atoms. The molecule has 3 fully saturated rings. The minimum Gasteiger partial charge on any atom is -0.379 e. The smallest absolute Gasteiger partial charge is 0.227 e. The molecule has 3 aliphatic rings. The van der Waals surface area contributed by atoms with Gasteiger partial charge in [0.1, 0.15) is 0 Å². The van der Waals surface area contributed by atoms with Crippen LogP contribution in [-0.4, -0.2) is 55.2 Å². The van der Waals surface area contributed by atoms with E-state index in [9.17, 15) is 4.79 Å². The van der Waals surface area contributed by atoms with E-state index in [0.29, 0.717) is 25.3 Å². The van der Waals surface area contributed by atoms with Crippen LogP contribution in [0, 0.1) is 5.92 Å². The molecule has 5 heteroatoms.